The highest BCUT2D eigenvalue weighted by molar-refractivity contribution is 7.18. The molecule has 4 heterocycles. The zero-order chi connectivity index (χ0) is 56.5. The van der Waals surface area contributed by atoms with Gasteiger partial charge >= 0.3 is 0 Å². The summed E-state index contributed by atoms with van der Waals surface area (Å²) in [6.07, 6.45) is 0. The third-order valence-corrected chi connectivity index (χ3v) is 19.4. The molecule has 2 aromatic heterocycles. The van der Waals surface area contributed by atoms with Crippen molar-refractivity contribution in [1.29, 1.82) is 0 Å². The smallest absolute Gasteiger partial charge is 0.119 e. The van der Waals surface area contributed by atoms with Gasteiger partial charge in [0, 0.05) is 43.9 Å². The topological polar surface area (TPSA) is 49.9 Å². The molecule has 2 spiro atoms. The lowest BCUT2D eigenvalue weighted by atomic mass is 9.53. The standard InChI is InChI=1S/C74H56N4O4S2/c1-79-55-39-31-51(32-40-55)75(52-33-41-56(80-2)42-34-52)69-47-63-71(83-69)74(61-25-13-17-29-67(61)78(50-21-9-6-10-22-50)68-30-18-14-26-62(68)74)64-48-70(76(53-35-43-57(81-3)44-36-53)54-37-45-58(82-4)46-38-54)84-72(64)73(63)59-23-11-15-27-65(59)77(49-19-7-5-8-20-49)66-28-16-12-24-60(66)73/h5-48H,1-4H3. The van der Waals surface area contributed by atoms with Crippen molar-refractivity contribution >= 4 is 89.5 Å². The molecule has 408 valence electrons. The number of hydrogen-bond acceptors (Lipinski definition) is 10. The van der Waals surface area contributed by atoms with Crippen molar-refractivity contribution in [2.45, 2.75) is 10.8 Å². The average molecular weight is 1130 g/mol. The van der Waals surface area contributed by atoms with Gasteiger partial charge in [0.2, 0.25) is 0 Å². The number of anilines is 12. The fourth-order valence-electron chi connectivity index (χ4n) is 13.3. The summed E-state index contributed by atoms with van der Waals surface area (Å²) < 4.78 is 23.2. The van der Waals surface area contributed by atoms with E-state index in [9.17, 15) is 0 Å². The summed E-state index contributed by atoms with van der Waals surface area (Å²) in [4.78, 5) is 12.2. The minimum atomic E-state index is -0.899. The van der Waals surface area contributed by atoms with Crippen molar-refractivity contribution in [2.75, 3.05) is 48.0 Å². The normalized spacial score (nSPS) is 13.6. The van der Waals surface area contributed by atoms with Crippen LogP contribution in [0.4, 0.5) is 66.9 Å². The summed E-state index contributed by atoms with van der Waals surface area (Å²) in [5.41, 5.74) is 16.0. The second-order valence-electron chi connectivity index (χ2n) is 21.0. The summed E-state index contributed by atoms with van der Waals surface area (Å²) in [5.74, 6) is 3.14. The molecule has 0 amide bonds. The van der Waals surface area contributed by atoms with Gasteiger partial charge in [-0.15, -0.1) is 22.7 Å². The Hall–Kier alpha value is -10.0. The van der Waals surface area contributed by atoms with Crippen LogP contribution in [0.2, 0.25) is 0 Å². The van der Waals surface area contributed by atoms with Gasteiger partial charge in [0.25, 0.3) is 0 Å². The molecule has 0 N–H and O–H groups in total. The van der Waals surface area contributed by atoms with Gasteiger partial charge < -0.3 is 38.5 Å². The molecule has 15 rings (SSSR count). The highest BCUT2D eigenvalue weighted by Crippen LogP contribution is 2.72. The lowest BCUT2D eigenvalue weighted by Gasteiger charge is -2.53. The molecule has 0 radical (unpaired) electrons. The predicted molar refractivity (Wildman–Crippen MR) is 344 cm³/mol. The molecule has 0 unspecified atom stereocenters. The van der Waals surface area contributed by atoms with Gasteiger partial charge in [-0.3, -0.25) is 0 Å². The van der Waals surface area contributed by atoms with Crippen LogP contribution in [0.15, 0.2) is 267 Å². The maximum absolute atomic E-state index is 5.80. The first-order chi connectivity index (χ1) is 41.5. The average Bonchev–Trinajstić information content (AvgIpc) is 1.37. The number of methoxy groups -OCH3 is 4. The summed E-state index contributed by atoms with van der Waals surface area (Å²) >= 11 is 3.75. The maximum Gasteiger partial charge on any atom is 0.119 e. The van der Waals surface area contributed by atoms with E-state index < -0.39 is 10.8 Å². The number of nitrogens with zero attached hydrogens (tertiary/aromatic N) is 4. The van der Waals surface area contributed by atoms with Crippen LogP contribution in [0.1, 0.15) is 43.1 Å². The van der Waals surface area contributed by atoms with Crippen molar-refractivity contribution in [3.05, 3.63) is 310 Å². The fourth-order valence-corrected chi connectivity index (χ4v) is 16.3. The molecule has 3 aliphatic rings. The predicted octanol–water partition coefficient (Wildman–Crippen LogP) is 19.4. The largest absolute Gasteiger partial charge is 0.497 e. The van der Waals surface area contributed by atoms with Crippen LogP contribution in [-0.2, 0) is 10.8 Å². The van der Waals surface area contributed by atoms with Crippen molar-refractivity contribution in [2.24, 2.45) is 0 Å². The van der Waals surface area contributed by atoms with Crippen LogP contribution in [0.25, 0.3) is 0 Å². The number of fused-ring (bicyclic) bond motifs is 14. The van der Waals surface area contributed by atoms with Gasteiger partial charge in [-0.25, -0.2) is 0 Å². The first-order valence-electron chi connectivity index (χ1n) is 28.0. The maximum atomic E-state index is 5.80. The van der Waals surface area contributed by atoms with E-state index in [1.54, 1.807) is 28.4 Å². The molecule has 1 aliphatic carbocycles. The Kier molecular flexibility index (Phi) is 12.4. The van der Waals surface area contributed by atoms with Gasteiger partial charge in [0.05, 0.1) is 62.0 Å². The molecule has 10 aromatic carbocycles. The number of benzene rings is 10. The Bertz CT molecular complexity index is 3870. The van der Waals surface area contributed by atoms with Crippen LogP contribution < -0.4 is 38.5 Å². The number of thiophene rings is 2. The summed E-state index contributed by atoms with van der Waals surface area (Å²) in [7, 11) is 6.88. The Morgan fingerprint density at radius 1 is 0.286 bits per heavy atom. The first kappa shape index (κ1) is 50.9. The Morgan fingerprint density at radius 3 is 0.798 bits per heavy atom. The van der Waals surface area contributed by atoms with Gasteiger partial charge in [-0.2, -0.15) is 0 Å². The minimum absolute atomic E-state index is 0.784. The van der Waals surface area contributed by atoms with E-state index in [1.807, 2.05) is 22.7 Å². The summed E-state index contributed by atoms with van der Waals surface area (Å²) in [6, 6.07) is 96.9. The summed E-state index contributed by atoms with van der Waals surface area (Å²) in [5, 5.41) is 2.12. The summed E-state index contributed by atoms with van der Waals surface area (Å²) in [6.45, 7) is 0. The van der Waals surface area contributed by atoms with E-state index in [1.165, 1.54) is 43.1 Å². The number of hydrogen-bond donors (Lipinski definition) is 0. The number of ether oxygens (including phenoxy) is 4. The fraction of sp³-hybridized carbons (Fsp3) is 0.0811. The second kappa shape index (κ2) is 20.5. The quantitative estimate of drug-likeness (QED) is 0.120. The molecule has 0 bridgehead atoms. The van der Waals surface area contributed by atoms with Crippen LogP contribution in [0.3, 0.4) is 0 Å². The van der Waals surface area contributed by atoms with Crippen molar-refractivity contribution in [3.63, 3.8) is 0 Å². The van der Waals surface area contributed by atoms with Gasteiger partial charge in [0.15, 0.2) is 0 Å². The van der Waals surface area contributed by atoms with E-state index in [4.69, 9.17) is 18.9 Å². The number of rotatable bonds is 12. The lowest BCUT2D eigenvalue weighted by Crippen LogP contribution is -2.47. The third-order valence-electron chi connectivity index (χ3n) is 16.9. The van der Waals surface area contributed by atoms with Crippen LogP contribution in [0.5, 0.6) is 23.0 Å². The van der Waals surface area contributed by atoms with Crippen molar-refractivity contribution in [1.82, 2.24) is 0 Å². The van der Waals surface area contributed by atoms with Gasteiger partial charge in [-0.1, -0.05) is 109 Å². The molecular weight excluding hydrogens is 1070 g/mol. The Labute approximate surface area is 497 Å². The van der Waals surface area contributed by atoms with Gasteiger partial charge in [0.1, 0.15) is 33.0 Å². The van der Waals surface area contributed by atoms with Gasteiger partial charge in [-0.05, 0) is 191 Å². The molecule has 0 saturated carbocycles. The minimum Gasteiger partial charge on any atom is -0.497 e. The molecule has 0 atom stereocenters. The van der Waals surface area contributed by atoms with Crippen LogP contribution in [-0.4, -0.2) is 28.4 Å². The molecule has 2 aliphatic heterocycles. The van der Waals surface area contributed by atoms with Crippen LogP contribution >= 0.6 is 22.7 Å². The molecular formula is C74H56N4O4S2. The molecule has 0 saturated heterocycles. The highest BCUT2D eigenvalue weighted by Gasteiger charge is 2.61. The van der Waals surface area contributed by atoms with E-state index in [-0.39, 0.29) is 0 Å². The zero-order valence-electron chi connectivity index (χ0n) is 46.6. The zero-order valence-corrected chi connectivity index (χ0v) is 48.3. The SMILES string of the molecule is COc1ccc(N(c2ccc(OC)cc2)c2cc3c(s2)C2(c4ccccc4N(c4ccccc4)c4ccccc42)c2cc(N(c4ccc(OC)cc4)c4ccc(OC)cc4)sc2C32c3ccccc3N(c3ccccc3)c3ccccc32)cc1. The Morgan fingerprint density at radius 2 is 0.536 bits per heavy atom. The Balaban J connectivity index is 1.13. The second-order valence-corrected chi connectivity index (χ2v) is 23.1. The first-order valence-corrected chi connectivity index (χ1v) is 29.7. The third kappa shape index (κ3) is 7.64. The lowest BCUT2D eigenvalue weighted by molar-refractivity contribution is 0.414. The van der Waals surface area contributed by atoms with E-state index >= 15 is 0 Å². The monoisotopic (exact) mass is 1130 g/mol. The number of para-hydroxylation sites is 6. The molecule has 10 heteroatoms. The molecule has 12 aromatic rings. The molecule has 8 nitrogen and oxygen atoms in total. The van der Waals surface area contributed by atoms with Crippen LogP contribution in [0, 0.1) is 0 Å². The van der Waals surface area contributed by atoms with Crippen molar-refractivity contribution < 1.29 is 18.9 Å². The highest BCUT2D eigenvalue weighted by atomic mass is 32.1. The molecule has 0 fully saturated rings. The van der Waals surface area contributed by atoms with E-state index in [0.29, 0.717) is 0 Å². The van der Waals surface area contributed by atoms with E-state index in [0.717, 1.165) is 89.9 Å². The van der Waals surface area contributed by atoms with E-state index in [2.05, 4.69) is 287 Å². The molecule has 84 heavy (non-hydrogen) atoms. The van der Waals surface area contributed by atoms with Crippen molar-refractivity contribution in [3.8, 4) is 23.0 Å².